The van der Waals surface area contributed by atoms with Crippen LogP contribution in [0.4, 0.5) is 24.5 Å². The van der Waals surface area contributed by atoms with Gasteiger partial charge in [-0.1, -0.05) is 51.1 Å². The number of para-hydroxylation sites is 1. The normalized spacial score (nSPS) is 14.8. The van der Waals surface area contributed by atoms with E-state index in [-0.39, 0.29) is 11.5 Å². The number of carbonyl (C=O) groups is 1. The van der Waals surface area contributed by atoms with Crippen molar-refractivity contribution >= 4 is 23.2 Å². The fourth-order valence-corrected chi connectivity index (χ4v) is 3.94. The zero-order valence-electron chi connectivity index (χ0n) is 23.2. The highest BCUT2D eigenvalue weighted by atomic mass is 19.4. The van der Waals surface area contributed by atoms with Crippen molar-refractivity contribution < 1.29 is 22.7 Å². The third-order valence-electron chi connectivity index (χ3n) is 5.78. The molecule has 1 aliphatic heterocycles. The molecule has 0 radical (unpaired) electrons. The van der Waals surface area contributed by atoms with Crippen LogP contribution in [0.25, 0.3) is 0 Å². The molecule has 6 nitrogen and oxygen atoms in total. The number of hydrogen-bond acceptors (Lipinski definition) is 5. The quantitative estimate of drug-likeness (QED) is 0.293. The van der Waals surface area contributed by atoms with Crippen molar-refractivity contribution in [2.45, 2.75) is 46.5 Å². The SMILES string of the molecule is CC.CCCNc1ccc(C(=O)OC)cc1C.CN=C1NC(c2ccccc2C(F)(F)F)Nc2ccccc21. The van der Waals surface area contributed by atoms with Crippen LogP contribution in [0.15, 0.2) is 71.7 Å². The summed E-state index contributed by atoms with van der Waals surface area (Å²) in [6, 6.07) is 18.4. The summed E-state index contributed by atoms with van der Waals surface area (Å²) in [7, 11) is 3.00. The van der Waals surface area contributed by atoms with Gasteiger partial charge in [-0.15, -0.1) is 0 Å². The van der Waals surface area contributed by atoms with Crippen LogP contribution in [-0.2, 0) is 10.9 Å². The predicted molar refractivity (Wildman–Crippen MR) is 152 cm³/mol. The minimum atomic E-state index is -4.40. The van der Waals surface area contributed by atoms with Crippen molar-refractivity contribution in [2.24, 2.45) is 4.99 Å². The molecule has 3 aromatic rings. The highest BCUT2D eigenvalue weighted by Crippen LogP contribution is 2.36. The highest BCUT2D eigenvalue weighted by Gasteiger charge is 2.36. The van der Waals surface area contributed by atoms with Crippen LogP contribution in [0.3, 0.4) is 0 Å². The second-order valence-electron chi connectivity index (χ2n) is 8.37. The molecule has 4 rings (SSSR count). The summed E-state index contributed by atoms with van der Waals surface area (Å²) in [6.07, 6.45) is -4.01. The Morgan fingerprint density at radius 3 is 2.31 bits per heavy atom. The van der Waals surface area contributed by atoms with Gasteiger partial charge in [0.2, 0.25) is 0 Å². The van der Waals surface area contributed by atoms with E-state index in [0.717, 1.165) is 41.5 Å². The number of anilines is 2. The molecular weight excluding hydrogens is 505 g/mol. The minimum absolute atomic E-state index is 0.144. The molecule has 0 aliphatic carbocycles. The number of esters is 1. The predicted octanol–water partition coefficient (Wildman–Crippen LogP) is 7.43. The number of alkyl halides is 3. The lowest BCUT2D eigenvalue weighted by Gasteiger charge is -2.31. The Morgan fingerprint density at radius 2 is 1.69 bits per heavy atom. The van der Waals surface area contributed by atoms with E-state index in [0.29, 0.717) is 11.4 Å². The highest BCUT2D eigenvalue weighted by molar-refractivity contribution is 6.05. The van der Waals surface area contributed by atoms with Gasteiger partial charge in [-0.3, -0.25) is 4.99 Å². The minimum Gasteiger partial charge on any atom is -0.465 e. The van der Waals surface area contributed by atoms with Gasteiger partial charge in [0.1, 0.15) is 12.0 Å². The third kappa shape index (κ3) is 8.24. The molecule has 0 bridgehead atoms. The zero-order chi connectivity index (χ0) is 29.0. The number of amidine groups is 1. The average molecular weight is 543 g/mol. The lowest BCUT2D eigenvalue weighted by Crippen LogP contribution is -2.39. The summed E-state index contributed by atoms with van der Waals surface area (Å²) in [5.41, 5.74) is 3.81. The van der Waals surface area contributed by atoms with Crippen molar-refractivity contribution in [3.05, 3.63) is 94.5 Å². The van der Waals surface area contributed by atoms with Crippen LogP contribution in [-0.4, -0.2) is 32.5 Å². The Morgan fingerprint density at radius 1 is 1.03 bits per heavy atom. The first kappa shape index (κ1) is 31.2. The number of halogens is 3. The molecule has 3 N–H and O–H groups in total. The Hall–Kier alpha value is -4.01. The Kier molecular flexibility index (Phi) is 11.8. The van der Waals surface area contributed by atoms with Gasteiger partial charge in [0.05, 0.1) is 18.2 Å². The smallest absolute Gasteiger partial charge is 0.416 e. The largest absolute Gasteiger partial charge is 0.465 e. The lowest BCUT2D eigenvalue weighted by atomic mass is 10.0. The number of nitrogens with one attached hydrogen (secondary N) is 3. The Bertz CT molecular complexity index is 1260. The average Bonchev–Trinajstić information content (AvgIpc) is 2.96. The van der Waals surface area contributed by atoms with E-state index >= 15 is 0 Å². The molecule has 3 aromatic carbocycles. The number of fused-ring (bicyclic) bond motifs is 1. The summed E-state index contributed by atoms with van der Waals surface area (Å²) < 4.78 is 44.2. The van der Waals surface area contributed by atoms with Gasteiger partial charge in [0.25, 0.3) is 0 Å². The summed E-state index contributed by atoms with van der Waals surface area (Å²) >= 11 is 0. The zero-order valence-corrected chi connectivity index (χ0v) is 23.2. The fourth-order valence-electron chi connectivity index (χ4n) is 3.94. The maximum absolute atomic E-state index is 13.2. The first-order valence-corrected chi connectivity index (χ1v) is 12.9. The van der Waals surface area contributed by atoms with E-state index in [2.05, 4.69) is 32.6 Å². The second kappa shape index (κ2) is 14.8. The van der Waals surface area contributed by atoms with Crippen LogP contribution >= 0.6 is 0 Å². The Balaban J connectivity index is 0.000000275. The number of rotatable bonds is 5. The van der Waals surface area contributed by atoms with Crippen LogP contribution in [0, 0.1) is 6.92 Å². The molecule has 1 heterocycles. The molecule has 0 saturated heterocycles. The van der Waals surface area contributed by atoms with Crippen molar-refractivity contribution in [3.63, 3.8) is 0 Å². The molecule has 1 aliphatic rings. The number of nitrogens with zero attached hydrogens (tertiary/aromatic N) is 1. The van der Waals surface area contributed by atoms with Crippen LogP contribution < -0.4 is 16.0 Å². The molecular formula is C30H37F3N4O2. The van der Waals surface area contributed by atoms with E-state index in [1.807, 2.05) is 57.2 Å². The van der Waals surface area contributed by atoms with Gasteiger partial charge in [-0.05, 0) is 55.3 Å². The van der Waals surface area contributed by atoms with Crippen LogP contribution in [0.5, 0.6) is 0 Å². The van der Waals surface area contributed by atoms with Gasteiger partial charge in [-0.25, -0.2) is 4.79 Å². The van der Waals surface area contributed by atoms with Crippen molar-refractivity contribution in [3.8, 4) is 0 Å². The topological polar surface area (TPSA) is 74.8 Å². The summed E-state index contributed by atoms with van der Waals surface area (Å²) in [6.45, 7) is 9.04. The third-order valence-corrected chi connectivity index (χ3v) is 5.78. The number of hydrogen-bond donors (Lipinski definition) is 3. The van der Waals surface area contributed by atoms with Gasteiger partial charge in [-0.2, -0.15) is 13.2 Å². The molecule has 210 valence electrons. The number of benzene rings is 3. The molecule has 1 unspecified atom stereocenters. The molecule has 1 atom stereocenters. The molecule has 0 spiro atoms. The first-order valence-electron chi connectivity index (χ1n) is 12.9. The van der Waals surface area contributed by atoms with Gasteiger partial charge >= 0.3 is 12.1 Å². The number of aryl methyl sites for hydroxylation is 1. The first-order chi connectivity index (χ1) is 18.7. The fraction of sp³-hybridized carbons (Fsp3) is 0.333. The van der Waals surface area contributed by atoms with E-state index in [1.54, 1.807) is 19.2 Å². The summed E-state index contributed by atoms with van der Waals surface area (Å²) in [5, 5.41) is 9.42. The van der Waals surface area contributed by atoms with Gasteiger partial charge in [0.15, 0.2) is 0 Å². The molecule has 0 fully saturated rings. The lowest BCUT2D eigenvalue weighted by molar-refractivity contribution is -0.138. The maximum atomic E-state index is 13.2. The van der Waals surface area contributed by atoms with Gasteiger partial charge in [0, 0.05) is 36.1 Å². The van der Waals surface area contributed by atoms with Crippen LogP contribution in [0.2, 0.25) is 0 Å². The standard InChI is InChI=1S/C16H14F3N3.C12H17NO2.C2H6/c1-20-14-11-7-3-5-9-13(11)21-15(22-14)10-6-2-4-8-12(10)16(17,18)19;1-4-7-13-11-6-5-10(8-9(11)2)12(14)15-3;1-2/h2-9,15,21H,1H3,(H,20,22);5-6,8,13H,4,7H2,1-3H3;1-2H3. The maximum Gasteiger partial charge on any atom is 0.416 e. The van der Waals surface area contributed by atoms with E-state index in [1.165, 1.54) is 19.2 Å². The molecule has 39 heavy (non-hydrogen) atoms. The van der Waals surface area contributed by atoms with Gasteiger partial charge < -0.3 is 20.7 Å². The summed E-state index contributed by atoms with van der Waals surface area (Å²) in [4.78, 5) is 15.4. The Labute approximate surface area is 228 Å². The monoisotopic (exact) mass is 542 g/mol. The number of methoxy groups -OCH3 is 1. The summed E-state index contributed by atoms with van der Waals surface area (Å²) in [5.74, 6) is 0.275. The molecule has 0 amide bonds. The van der Waals surface area contributed by atoms with E-state index in [4.69, 9.17) is 0 Å². The molecule has 0 aromatic heterocycles. The van der Waals surface area contributed by atoms with Crippen molar-refractivity contribution in [1.29, 1.82) is 0 Å². The number of aliphatic imine (C=N–C) groups is 1. The number of carbonyl (C=O) groups excluding carboxylic acids is 1. The molecule has 9 heteroatoms. The number of ether oxygens (including phenoxy) is 1. The van der Waals surface area contributed by atoms with Crippen molar-refractivity contribution in [2.75, 3.05) is 31.3 Å². The molecule has 0 saturated carbocycles. The van der Waals surface area contributed by atoms with Crippen LogP contribution in [0.1, 0.15) is 66.0 Å². The van der Waals surface area contributed by atoms with E-state index in [9.17, 15) is 18.0 Å². The van der Waals surface area contributed by atoms with E-state index < -0.39 is 17.9 Å². The second-order valence-corrected chi connectivity index (χ2v) is 8.37. The van der Waals surface area contributed by atoms with Crippen molar-refractivity contribution in [1.82, 2.24) is 5.32 Å².